The molecule has 7 nitrogen and oxygen atoms in total. The minimum Gasteiger partial charge on any atom is -0.342 e. The maximum Gasteiger partial charge on any atom is 0.417 e. The summed E-state index contributed by atoms with van der Waals surface area (Å²) in [5, 5.41) is 8.02. The van der Waals surface area contributed by atoms with Crippen LogP contribution in [0.3, 0.4) is 0 Å². The van der Waals surface area contributed by atoms with Crippen molar-refractivity contribution < 1.29 is 22.5 Å². The Morgan fingerprint density at radius 1 is 1.39 bits per heavy atom. The standard InChI is InChI=1S/C21H24F3N5O2/c1-3-15-10-16(21(22,23)24)17-18(27-31-19(17)26-15)14-6-4-8-28(12-14)20(30)13(2)11-29-9-5-7-25-29/h5,7,9-10,13-14H,3-4,6,8,11-12H2,1-2H3/t13-,14-/m0/s1. The number of hydrogen-bond acceptors (Lipinski definition) is 5. The average molecular weight is 435 g/mol. The first-order chi connectivity index (χ1) is 14.8. The molecule has 1 saturated heterocycles. The van der Waals surface area contributed by atoms with Gasteiger partial charge >= 0.3 is 6.18 Å². The molecular weight excluding hydrogens is 411 g/mol. The summed E-state index contributed by atoms with van der Waals surface area (Å²) in [5.41, 5.74) is -0.344. The minimum atomic E-state index is -4.55. The largest absolute Gasteiger partial charge is 0.417 e. The van der Waals surface area contributed by atoms with Crippen LogP contribution < -0.4 is 0 Å². The zero-order chi connectivity index (χ0) is 22.2. The lowest BCUT2D eigenvalue weighted by Crippen LogP contribution is -2.42. The molecule has 4 heterocycles. The van der Waals surface area contributed by atoms with Crippen LogP contribution in [0.1, 0.15) is 49.6 Å². The number of aryl methyl sites for hydroxylation is 1. The molecule has 1 aliphatic heterocycles. The second kappa shape index (κ2) is 8.32. The van der Waals surface area contributed by atoms with Crippen LogP contribution in [0.5, 0.6) is 0 Å². The molecule has 0 saturated carbocycles. The molecule has 0 bridgehead atoms. The van der Waals surface area contributed by atoms with Crippen molar-refractivity contribution in [2.24, 2.45) is 5.92 Å². The van der Waals surface area contributed by atoms with Gasteiger partial charge in [0.1, 0.15) is 0 Å². The quantitative estimate of drug-likeness (QED) is 0.605. The lowest BCUT2D eigenvalue weighted by Gasteiger charge is -2.33. The summed E-state index contributed by atoms with van der Waals surface area (Å²) >= 11 is 0. The Morgan fingerprint density at radius 3 is 2.87 bits per heavy atom. The lowest BCUT2D eigenvalue weighted by atomic mass is 9.91. The molecule has 0 radical (unpaired) electrons. The number of nitrogens with zero attached hydrogens (tertiary/aromatic N) is 5. The molecule has 0 spiro atoms. The van der Waals surface area contributed by atoms with Crippen LogP contribution in [-0.2, 0) is 23.9 Å². The monoisotopic (exact) mass is 435 g/mol. The Hall–Kier alpha value is -2.91. The van der Waals surface area contributed by atoms with Gasteiger partial charge in [0.15, 0.2) is 0 Å². The van der Waals surface area contributed by atoms with Crippen LogP contribution in [0.4, 0.5) is 13.2 Å². The van der Waals surface area contributed by atoms with Crippen molar-refractivity contribution in [2.75, 3.05) is 13.1 Å². The molecule has 31 heavy (non-hydrogen) atoms. The van der Waals surface area contributed by atoms with Gasteiger partial charge in [0.25, 0.3) is 5.71 Å². The van der Waals surface area contributed by atoms with E-state index in [4.69, 9.17) is 4.52 Å². The van der Waals surface area contributed by atoms with Crippen LogP contribution in [0.15, 0.2) is 29.0 Å². The van der Waals surface area contributed by atoms with Crippen molar-refractivity contribution >= 4 is 17.0 Å². The SMILES string of the molecule is CCc1cc(C(F)(F)F)c2c([C@H]3CCCN(C(=O)[C@@H](C)Cn4cccn4)C3)noc2n1. The summed E-state index contributed by atoms with van der Waals surface area (Å²) < 4.78 is 48.3. The molecule has 10 heteroatoms. The Bertz CT molecular complexity index is 1060. The summed E-state index contributed by atoms with van der Waals surface area (Å²) in [6.07, 6.45) is 0.566. The van der Waals surface area contributed by atoms with Crippen molar-refractivity contribution in [3.8, 4) is 0 Å². The van der Waals surface area contributed by atoms with E-state index in [1.807, 2.05) is 6.92 Å². The number of carbonyl (C=O) groups is 1. The summed E-state index contributed by atoms with van der Waals surface area (Å²) in [6.45, 7) is 4.88. The molecule has 3 aromatic heterocycles. The summed E-state index contributed by atoms with van der Waals surface area (Å²) in [4.78, 5) is 18.9. The van der Waals surface area contributed by atoms with E-state index >= 15 is 0 Å². The van der Waals surface area contributed by atoms with Crippen LogP contribution >= 0.6 is 0 Å². The van der Waals surface area contributed by atoms with Gasteiger partial charge in [-0.05, 0) is 31.4 Å². The predicted octanol–water partition coefficient (Wildman–Crippen LogP) is 4.04. The predicted molar refractivity (Wildman–Crippen MR) is 106 cm³/mol. The maximum absolute atomic E-state index is 13.8. The summed E-state index contributed by atoms with van der Waals surface area (Å²) in [5.74, 6) is -0.686. The Kier molecular flexibility index (Phi) is 5.72. The lowest BCUT2D eigenvalue weighted by molar-refractivity contribution is -0.137. The van der Waals surface area contributed by atoms with E-state index in [0.717, 1.165) is 6.07 Å². The van der Waals surface area contributed by atoms with Crippen molar-refractivity contribution in [3.05, 3.63) is 41.5 Å². The number of alkyl halides is 3. The molecule has 0 unspecified atom stereocenters. The van der Waals surface area contributed by atoms with E-state index < -0.39 is 11.7 Å². The summed E-state index contributed by atoms with van der Waals surface area (Å²) in [7, 11) is 0. The first-order valence-electron chi connectivity index (χ1n) is 10.4. The van der Waals surface area contributed by atoms with Crippen molar-refractivity contribution in [1.82, 2.24) is 24.8 Å². The van der Waals surface area contributed by atoms with Gasteiger partial charge in [0.2, 0.25) is 5.91 Å². The number of amides is 1. The fourth-order valence-electron chi connectivity index (χ4n) is 4.19. The molecule has 2 atom stereocenters. The minimum absolute atomic E-state index is 0.0459. The molecule has 0 N–H and O–H groups in total. The fourth-order valence-corrected chi connectivity index (χ4v) is 4.19. The molecule has 3 aromatic rings. The number of hydrogen-bond donors (Lipinski definition) is 0. The Morgan fingerprint density at radius 2 is 2.19 bits per heavy atom. The van der Waals surface area contributed by atoms with E-state index in [0.29, 0.717) is 44.6 Å². The van der Waals surface area contributed by atoms with Gasteiger partial charge in [-0.2, -0.15) is 18.3 Å². The average Bonchev–Trinajstić information content (AvgIpc) is 3.41. The molecule has 1 aliphatic rings. The van der Waals surface area contributed by atoms with Crippen LogP contribution in [0.25, 0.3) is 11.1 Å². The maximum atomic E-state index is 13.8. The van der Waals surface area contributed by atoms with E-state index in [1.54, 1.807) is 35.0 Å². The number of piperidine rings is 1. The van der Waals surface area contributed by atoms with Crippen LogP contribution in [0.2, 0.25) is 0 Å². The topological polar surface area (TPSA) is 77.0 Å². The number of aromatic nitrogens is 4. The fraction of sp³-hybridized carbons (Fsp3) is 0.524. The molecule has 0 aliphatic carbocycles. The zero-order valence-electron chi connectivity index (χ0n) is 17.4. The number of pyridine rings is 1. The van der Waals surface area contributed by atoms with Gasteiger partial charge in [-0.15, -0.1) is 0 Å². The number of fused-ring (bicyclic) bond motifs is 1. The number of carbonyl (C=O) groups excluding carboxylic acids is 1. The third-order valence-electron chi connectivity index (χ3n) is 5.75. The van der Waals surface area contributed by atoms with Crippen LogP contribution in [0, 0.1) is 5.92 Å². The number of likely N-dealkylation sites (tertiary alicyclic amines) is 1. The zero-order valence-corrected chi connectivity index (χ0v) is 17.4. The van der Waals surface area contributed by atoms with Crippen molar-refractivity contribution in [3.63, 3.8) is 0 Å². The smallest absolute Gasteiger partial charge is 0.342 e. The van der Waals surface area contributed by atoms with Gasteiger partial charge in [-0.1, -0.05) is 19.0 Å². The third-order valence-corrected chi connectivity index (χ3v) is 5.75. The second-order valence-electron chi connectivity index (χ2n) is 8.01. The molecule has 4 rings (SSSR count). The molecule has 166 valence electrons. The van der Waals surface area contributed by atoms with Gasteiger partial charge in [0, 0.05) is 37.1 Å². The molecular formula is C21H24F3N5O2. The van der Waals surface area contributed by atoms with Gasteiger partial charge in [-0.3, -0.25) is 9.48 Å². The normalized spacial score (nSPS) is 18.5. The highest BCUT2D eigenvalue weighted by Gasteiger charge is 2.38. The van der Waals surface area contributed by atoms with Gasteiger partial charge in [0.05, 0.1) is 29.1 Å². The van der Waals surface area contributed by atoms with Crippen molar-refractivity contribution in [2.45, 2.75) is 51.7 Å². The first kappa shape index (κ1) is 21.3. The Labute approximate surface area is 177 Å². The van der Waals surface area contributed by atoms with E-state index in [2.05, 4.69) is 15.2 Å². The van der Waals surface area contributed by atoms with Crippen molar-refractivity contribution in [1.29, 1.82) is 0 Å². The molecule has 1 amide bonds. The summed E-state index contributed by atoms with van der Waals surface area (Å²) in [6, 6.07) is 2.86. The molecule has 0 aromatic carbocycles. The Balaban J connectivity index is 1.60. The number of rotatable bonds is 5. The third kappa shape index (κ3) is 4.28. The van der Waals surface area contributed by atoms with E-state index in [-0.39, 0.29) is 34.5 Å². The highest BCUT2D eigenvalue weighted by Crippen LogP contribution is 2.40. The number of halogens is 3. The van der Waals surface area contributed by atoms with E-state index in [1.165, 1.54) is 0 Å². The first-order valence-corrected chi connectivity index (χ1v) is 10.4. The highest BCUT2D eigenvalue weighted by atomic mass is 19.4. The van der Waals surface area contributed by atoms with E-state index in [9.17, 15) is 18.0 Å². The van der Waals surface area contributed by atoms with Gasteiger partial charge in [-0.25, -0.2) is 4.98 Å². The second-order valence-corrected chi connectivity index (χ2v) is 8.01. The van der Waals surface area contributed by atoms with Gasteiger partial charge < -0.3 is 9.42 Å². The molecule has 1 fully saturated rings. The highest BCUT2D eigenvalue weighted by molar-refractivity contribution is 5.82. The van der Waals surface area contributed by atoms with Crippen LogP contribution in [-0.4, -0.2) is 43.8 Å².